The third-order valence-corrected chi connectivity index (χ3v) is 2.55. The predicted molar refractivity (Wildman–Crippen MR) is 64.4 cm³/mol. The lowest BCUT2D eigenvalue weighted by Crippen LogP contribution is -1.90. The summed E-state index contributed by atoms with van der Waals surface area (Å²) < 4.78 is 5.09. The van der Waals surface area contributed by atoms with Gasteiger partial charge in [0.1, 0.15) is 11.4 Å². The maximum Gasteiger partial charge on any atom is 0.179 e. The summed E-state index contributed by atoms with van der Waals surface area (Å²) in [6.07, 6.45) is 0.726. The van der Waals surface area contributed by atoms with Crippen LogP contribution in [0.15, 0.2) is 30.3 Å². The van der Waals surface area contributed by atoms with Crippen molar-refractivity contribution in [3.63, 3.8) is 0 Å². The van der Waals surface area contributed by atoms with Crippen molar-refractivity contribution in [1.29, 1.82) is 0 Å². The molecule has 4 nitrogen and oxygen atoms in total. The second-order valence-electron chi connectivity index (χ2n) is 3.86. The number of ketones is 1. The summed E-state index contributed by atoms with van der Waals surface area (Å²) in [4.78, 5) is 11.1. The van der Waals surface area contributed by atoms with Crippen molar-refractivity contribution in [2.75, 3.05) is 7.11 Å². The van der Waals surface area contributed by atoms with E-state index in [1.54, 1.807) is 13.2 Å². The van der Waals surface area contributed by atoms with Crippen molar-refractivity contribution in [1.82, 2.24) is 10.2 Å². The van der Waals surface area contributed by atoms with Gasteiger partial charge in [-0.1, -0.05) is 12.1 Å². The zero-order valence-electron chi connectivity index (χ0n) is 9.86. The summed E-state index contributed by atoms with van der Waals surface area (Å²) in [5.74, 6) is 0.810. The molecule has 0 aliphatic carbocycles. The largest absolute Gasteiger partial charge is 0.497 e. The molecular weight excluding hydrogens is 216 g/mol. The number of nitrogens with zero attached hydrogens (tertiary/aromatic N) is 1. The van der Waals surface area contributed by atoms with Crippen LogP contribution in [-0.4, -0.2) is 23.1 Å². The molecule has 1 N–H and O–H groups in total. The molecule has 1 aromatic carbocycles. The van der Waals surface area contributed by atoms with Crippen molar-refractivity contribution in [3.8, 4) is 5.75 Å². The van der Waals surface area contributed by atoms with Crippen molar-refractivity contribution in [2.45, 2.75) is 13.3 Å². The Morgan fingerprint density at radius 2 is 2.06 bits per heavy atom. The van der Waals surface area contributed by atoms with Crippen LogP contribution in [0.3, 0.4) is 0 Å². The van der Waals surface area contributed by atoms with Gasteiger partial charge in [-0.3, -0.25) is 9.89 Å². The lowest BCUT2D eigenvalue weighted by atomic mass is 10.1. The van der Waals surface area contributed by atoms with Crippen molar-refractivity contribution in [2.24, 2.45) is 0 Å². The maximum atomic E-state index is 11.1. The van der Waals surface area contributed by atoms with Gasteiger partial charge in [-0.05, 0) is 23.8 Å². The minimum absolute atomic E-state index is 0.0257. The van der Waals surface area contributed by atoms with E-state index in [0.717, 1.165) is 23.4 Å². The monoisotopic (exact) mass is 230 g/mol. The topological polar surface area (TPSA) is 55.0 Å². The van der Waals surface area contributed by atoms with Crippen molar-refractivity contribution >= 4 is 5.78 Å². The first-order valence-corrected chi connectivity index (χ1v) is 5.37. The number of hydrogen-bond donors (Lipinski definition) is 1. The zero-order valence-corrected chi connectivity index (χ0v) is 9.86. The molecule has 0 atom stereocenters. The second kappa shape index (κ2) is 4.82. The number of rotatable bonds is 4. The standard InChI is InChI=1S/C13H14N2O2/c1-9(16)13-8-11(14-15-13)7-10-3-5-12(17-2)6-4-10/h3-6,8H,7H2,1-2H3,(H,14,15). The Morgan fingerprint density at radius 3 is 2.59 bits per heavy atom. The van der Waals surface area contributed by atoms with E-state index in [9.17, 15) is 4.79 Å². The minimum Gasteiger partial charge on any atom is -0.497 e. The van der Waals surface area contributed by atoms with Crippen LogP contribution >= 0.6 is 0 Å². The third kappa shape index (κ3) is 2.72. The molecule has 0 unspecified atom stereocenters. The molecular formula is C13H14N2O2. The molecule has 0 aliphatic heterocycles. The molecule has 4 heteroatoms. The first-order valence-electron chi connectivity index (χ1n) is 5.37. The van der Waals surface area contributed by atoms with Gasteiger partial charge in [-0.25, -0.2) is 0 Å². The second-order valence-corrected chi connectivity index (χ2v) is 3.86. The molecule has 0 saturated heterocycles. The van der Waals surface area contributed by atoms with Gasteiger partial charge < -0.3 is 4.74 Å². The van der Waals surface area contributed by atoms with Gasteiger partial charge in [0.05, 0.1) is 7.11 Å². The highest BCUT2D eigenvalue weighted by Crippen LogP contribution is 2.14. The number of nitrogens with one attached hydrogen (secondary N) is 1. The van der Waals surface area contributed by atoms with E-state index >= 15 is 0 Å². The van der Waals surface area contributed by atoms with Gasteiger partial charge in [-0.2, -0.15) is 5.10 Å². The summed E-state index contributed by atoms with van der Waals surface area (Å²) in [6, 6.07) is 9.60. The molecule has 0 saturated carbocycles. The van der Waals surface area contributed by atoms with Crippen molar-refractivity contribution < 1.29 is 9.53 Å². The van der Waals surface area contributed by atoms with Crippen LogP contribution in [0, 0.1) is 0 Å². The molecule has 0 fully saturated rings. The number of ether oxygens (including phenoxy) is 1. The highest BCUT2D eigenvalue weighted by atomic mass is 16.5. The van der Waals surface area contributed by atoms with Crippen LogP contribution in [-0.2, 0) is 6.42 Å². The Labute approximate surface area is 99.6 Å². The predicted octanol–water partition coefficient (Wildman–Crippen LogP) is 2.21. The molecule has 0 radical (unpaired) electrons. The molecule has 0 aliphatic rings. The zero-order chi connectivity index (χ0) is 12.3. The number of benzene rings is 1. The summed E-state index contributed by atoms with van der Waals surface area (Å²) in [5.41, 5.74) is 2.55. The number of methoxy groups -OCH3 is 1. The highest BCUT2D eigenvalue weighted by molar-refractivity contribution is 5.92. The summed E-state index contributed by atoms with van der Waals surface area (Å²) >= 11 is 0. The van der Waals surface area contributed by atoms with Crippen LogP contribution in [0.25, 0.3) is 0 Å². The Morgan fingerprint density at radius 1 is 1.35 bits per heavy atom. The lowest BCUT2D eigenvalue weighted by Gasteiger charge is -2.01. The number of aromatic amines is 1. The van der Waals surface area contributed by atoms with E-state index in [4.69, 9.17) is 4.74 Å². The van der Waals surface area contributed by atoms with Crippen LogP contribution in [0.5, 0.6) is 5.75 Å². The Hall–Kier alpha value is -2.10. The van der Waals surface area contributed by atoms with Gasteiger partial charge in [0.25, 0.3) is 0 Å². The first-order chi connectivity index (χ1) is 8.19. The molecule has 2 rings (SSSR count). The first kappa shape index (κ1) is 11.4. The van der Waals surface area contributed by atoms with Gasteiger partial charge in [0, 0.05) is 19.0 Å². The number of carbonyl (C=O) groups excluding carboxylic acids is 1. The Kier molecular flexibility index (Phi) is 3.23. The van der Waals surface area contributed by atoms with Crippen molar-refractivity contribution in [3.05, 3.63) is 47.3 Å². The third-order valence-electron chi connectivity index (χ3n) is 2.55. The van der Waals surface area contributed by atoms with E-state index in [0.29, 0.717) is 5.69 Å². The van der Waals surface area contributed by atoms with Crippen LogP contribution < -0.4 is 4.74 Å². The molecule has 17 heavy (non-hydrogen) atoms. The Balaban J connectivity index is 2.11. The fourth-order valence-corrected chi connectivity index (χ4v) is 1.60. The fourth-order valence-electron chi connectivity index (χ4n) is 1.60. The Bertz CT molecular complexity index is 514. The van der Waals surface area contributed by atoms with E-state index < -0.39 is 0 Å². The molecule has 2 aromatic rings. The van der Waals surface area contributed by atoms with Crippen LogP contribution in [0.2, 0.25) is 0 Å². The number of H-pyrrole nitrogens is 1. The van der Waals surface area contributed by atoms with Gasteiger partial charge >= 0.3 is 0 Å². The molecule has 88 valence electrons. The van der Waals surface area contributed by atoms with E-state index in [2.05, 4.69) is 10.2 Å². The van der Waals surface area contributed by atoms with Gasteiger partial charge in [0.15, 0.2) is 5.78 Å². The average molecular weight is 230 g/mol. The van der Waals surface area contributed by atoms with Gasteiger partial charge in [0.2, 0.25) is 0 Å². The molecule has 1 aromatic heterocycles. The maximum absolute atomic E-state index is 11.1. The number of aromatic nitrogens is 2. The molecule has 0 amide bonds. The number of Topliss-reactive ketones (excluding diaryl/α,β-unsaturated/α-hetero) is 1. The lowest BCUT2D eigenvalue weighted by molar-refractivity contribution is 0.101. The highest BCUT2D eigenvalue weighted by Gasteiger charge is 2.05. The summed E-state index contributed by atoms with van der Waals surface area (Å²) in [7, 11) is 1.64. The smallest absolute Gasteiger partial charge is 0.179 e. The summed E-state index contributed by atoms with van der Waals surface area (Å²) in [5, 5.41) is 6.81. The minimum atomic E-state index is -0.0257. The molecule has 0 spiro atoms. The molecule has 1 heterocycles. The average Bonchev–Trinajstić information content (AvgIpc) is 2.79. The van der Waals surface area contributed by atoms with E-state index in [1.807, 2.05) is 24.3 Å². The van der Waals surface area contributed by atoms with E-state index in [-0.39, 0.29) is 5.78 Å². The number of carbonyl (C=O) groups is 1. The van der Waals surface area contributed by atoms with E-state index in [1.165, 1.54) is 6.92 Å². The SMILES string of the molecule is COc1ccc(Cc2cc(C(C)=O)n[nH]2)cc1. The summed E-state index contributed by atoms with van der Waals surface area (Å²) in [6.45, 7) is 1.51. The normalized spacial score (nSPS) is 10.2. The van der Waals surface area contributed by atoms with Crippen LogP contribution in [0.1, 0.15) is 28.7 Å². The quantitative estimate of drug-likeness (QED) is 0.819. The number of hydrogen-bond acceptors (Lipinski definition) is 3. The fraction of sp³-hybridized carbons (Fsp3) is 0.231. The van der Waals surface area contributed by atoms with Gasteiger partial charge in [-0.15, -0.1) is 0 Å². The van der Waals surface area contributed by atoms with Crippen LogP contribution in [0.4, 0.5) is 0 Å². The molecule has 0 bridgehead atoms.